The summed E-state index contributed by atoms with van der Waals surface area (Å²) in [6, 6.07) is 13.6. The molecule has 1 aromatic heterocycles. The standard InChI is InChI=1S/C13H11NO2/c14-8-15-11-6-3-7-12-13(11)9-4-1-2-5-10(9)16-12/h1-7H,8,14H2. The molecule has 0 aliphatic carbocycles. The maximum atomic E-state index is 5.72. The maximum Gasteiger partial charge on any atom is 0.139 e. The van der Waals surface area contributed by atoms with Crippen molar-refractivity contribution in [1.82, 2.24) is 0 Å². The van der Waals surface area contributed by atoms with Crippen LogP contribution in [0.2, 0.25) is 0 Å². The van der Waals surface area contributed by atoms with Crippen molar-refractivity contribution in [2.75, 3.05) is 6.73 Å². The molecule has 0 radical (unpaired) electrons. The summed E-state index contributed by atoms with van der Waals surface area (Å²) in [5.74, 6) is 0.768. The van der Waals surface area contributed by atoms with Gasteiger partial charge in [-0.15, -0.1) is 0 Å². The Morgan fingerprint density at radius 2 is 1.81 bits per heavy atom. The molecule has 1 heterocycles. The first-order chi connectivity index (χ1) is 7.90. The molecule has 0 aliphatic heterocycles. The monoisotopic (exact) mass is 213 g/mol. The number of fused-ring (bicyclic) bond motifs is 3. The molecule has 3 rings (SSSR count). The largest absolute Gasteiger partial charge is 0.478 e. The lowest BCUT2D eigenvalue weighted by molar-refractivity contribution is 0.333. The smallest absolute Gasteiger partial charge is 0.139 e. The minimum Gasteiger partial charge on any atom is -0.478 e. The fraction of sp³-hybridized carbons (Fsp3) is 0.0769. The lowest BCUT2D eigenvalue weighted by Gasteiger charge is -2.03. The lowest BCUT2D eigenvalue weighted by Crippen LogP contribution is -2.07. The highest BCUT2D eigenvalue weighted by Gasteiger charge is 2.10. The number of hydrogen-bond donors (Lipinski definition) is 1. The summed E-state index contributed by atoms with van der Waals surface area (Å²) >= 11 is 0. The number of ether oxygens (including phenoxy) is 1. The van der Waals surface area contributed by atoms with Crippen molar-refractivity contribution in [2.24, 2.45) is 5.73 Å². The van der Waals surface area contributed by atoms with Crippen LogP contribution in [0.25, 0.3) is 21.9 Å². The third kappa shape index (κ3) is 1.26. The minimum atomic E-state index is 0.165. The second-order valence-corrected chi connectivity index (χ2v) is 3.54. The third-order valence-corrected chi connectivity index (χ3v) is 2.60. The van der Waals surface area contributed by atoms with Gasteiger partial charge in [-0.25, -0.2) is 0 Å². The summed E-state index contributed by atoms with van der Waals surface area (Å²) in [4.78, 5) is 0. The van der Waals surface area contributed by atoms with Gasteiger partial charge in [0.05, 0.1) is 5.39 Å². The first-order valence-electron chi connectivity index (χ1n) is 5.13. The van der Waals surface area contributed by atoms with Gasteiger partial charge in [0.2, 0.25) is 0 Å². The van der Waals surface area contributed by atoms with E-state index in [2.05, 4.69) is 0 Å². The predicted octanol–water partition coefficient (Wildman–Crippen LogP) is 2.88. The van der Waals surface area contributed by atoms with Crippen LogP contribution in [-0.4, -0.2) is 6.73 Å². The third-order valence-electron chi connectivity index (χ3n) is 2.60. The molecule has 0 atom stereocenters. The Bertz CT molecular complexity index is 643. The van der Waals surface area contributed by atoms with Gasteiger partial charge < -0.3 is 9.15 Å². The van der Waals surface area contributed by atoms with Gasteiger partial charge in [-0.05, 0) is 18.2 Å². The fourth-order valence-corrected chi connectivity index (χ4v) is 1.95. The van der Waals surface area contributed by atoms with E-state index in [1.54, 1.807) is 0 Å². The van der Waals surface area contributed by atoms with Crippen molar-refractivity contribution in [3.05, 3.63) is 42.5 Å². The Hall–Kier alpha value is -2.00. The average molecular weight is 213 g/mol. The van der Waals surface area contributed by atoms with Crippen molar-refractivity contribution in [1.29, 1.82) is 0 Å². The number of furan rings is 1. The minimum absolute atomic E-state index is 0.165. The number of para-hydroxylation sites is 1. The Labute approximate surface area is 92.4 Å². The van der Waals surface area contributed by atoms with Gasteiger partial charge in [0.1, 0.15) is 23.6 Å². The molecule has 2 N–H and O–H groups in total. The summed E-state index contributed by atoms with van der Waals surface area (Å²) in [6.45, 7) is 0.165. The number of benzene rings is 2. The van der Waals surface area contributed by atoms with Crippen LogP contribution in [0.4, 0.5) is 0 Å². The number of hydrogen-bond acceptors (Lipinski definition) is 3. The molecular formula is C13H11NO2. The normalized spacial score (nSPS) is 11.1. The molecule has 0 aliphatic rings. The number of rotatable bonds is 2. The van der Waals surface area contributed by atoms with Gasteiger partial charge >= 0.3 is 0 Å². The van der Waals surface area contributed by atoms with Gasteiger partial charge in [0, 0.05) is 5.39 Å². The van der Waals surface area contributed by atoms with E-state index < -0.39 is 0 Å². The molecule has 3 aromatic rings. The zero-order valence-corrected chi connectivity index (χ0v) is 8.64. The molecule has 3 nitrogen and oxygen atoms in total. The molecule has 0 saturated carbocycles. The van der Waals surface area contributed by atoms with E-state index in [9.17, 15) is 0 Å². The Kier molecular flexibility index (Phi) is 2.04. The van der Waals surface area contributed by atoms with Gasteiger partial charge in [-0.2, -0.15) is 0 Å². The van der Waals surface area contributed by atoms with E-state index in [0.717, 1.165) is 27.7 Å². The summed E-state index contributed by atoms with van der Waals surface area (Å²) < 4.78 is 11.1. The van der Waals surface area contributed by atoms with Crippen LogP contribution >= 0.6 is 0 Å². The molecule has 16 heavy (non-hydrogen) atoms. The van der Waals surface area contributed by atoms with Gasteiger partial charge in [-0.1, -0.05) is 24.3 Å². The fourth-order valence-electron chi connectivity index (χ4n) is 1.95. The van der Waals surface area contributed by atoms with Crippen LogP contribution in [0, 0.1) is 0 Å². The Morgan fingerprint density at radius 1 is 1.00 bits per heavy atom. The molecule has 0 unspecified atom stereocenters. The molecule has 0 spiro atoms. The van der Waals surface area contributed by atoms with E-state index in [-0.39, 0.29) is 6.73 Å². The molecule has 0 saturated heterocycles. The molecule has 2 aromatic carbocycles. The van der Waals surface area contributed by atoms with Crippen LogP contribution in [0.15, 0.2) is 46.9 Å². The predicted molar refractivity (Wildman–Crippen MR) is 63.4 cm³/mol. The van der Waals surface area contributed by atoms with Crippen LogP contribution in [-0.2, 0) is 0 Å². The zero-order chi connectivity index (χ0) is 11.0. The van der Waals surface area contributed by atoms with Crippen LogP contribution in [0.3, 0.4) is 0 Å². The van der Waals surface area contributed by atoms with E-state index in [1.807, 2.05) is 42.5 Å². The summed E-state index contributed by atoms with van der Waals surface area (Å²) in [7, 11) is 0. The SMILES string of the molecule is NCOc1cccc2oc3ccccc3c12. The van der Waals surface area contributed by atoms with E-state index in [4.69, 9.17) is 14.9 Å². The molecule has 3 heteroatoms. The second kappa shape index (κ2) is 3.54. The molecule has 80 valence electrons. The van der Waals surface area contributed by atoms with Crippen molar-refractivity contribution in [3.8, 4) is 5.75 Å². The van der Waals surface area contributed by atoms with E-state index in [1.165, 1.54) is 0 Å². The van der Waals surface area contributed by atoms with Crippen molar-refractivity contribution in [2.45, 2.75) is 0 Å². The first-order valence-corrected chi connectivity index (χ1v) is 5.13. The summed E-state index contributed by atoms with van der Waals surface area (Å²) in [6.07, 6.45) is 0. The van der Waals surface area contributed by atoms with E-state index in [0.29, 0.717) is 0 Å². The lowest BCUT2D eigenvalue weighted by atomic mass is 10.1. The quantitative estimate of drug-likeness (QED) is 0.666. The molecule has 0 fully saturated rings. The summed E-state index contributed by atoms with van der Waals surface area (Å²) in [5, 5.41) is 2.05. The molecular weight excluding hydrogens is 202 g/mol. The Balaban J connectivity index is 2.43. The Morgan fingerprint density at radius 3 is 2.69 bits per heavy atom. The maximum absolute atomic E-state index is 5.72. The van der Waals surface area contributed by atoms with Crippen LogP contribution < -0.4 is 10.5 Å². The van der Waals surface area contributed by atoms with E-state index >= 15 is 0 Å². The van der Waals surface area contributed by atoms with Crippen molar-refractivity contribution < 1.29 is 9.15 Å². The highest BCUT2D eigenvalue weighted by atomic mass is 16.5. The van der Waals surface area contributed by atoms with Gasteiger partial charge in [-0.3, -0.25) is 5.73 Å². The van der Waals surface area contributed by atoms with Gasteiger partial charge in [0.25, 0.3) is 0 Å². The second-order valence-electron chi connectivity index (χ2n) is 3.54. The number of nitrogens with two attached hydrogens (primary N) is 1. The molecule has 0 bridgehead atoms. The average Bonchev–Trinajstić information content (AvgIpc) is 2.68. The topological polar surface area (TPSA) is 48.4 Å². The molecule has 0 amide bonds. The van der Waals surface area contributed by atoms with Gasteiger partial charge in [0.15, 0.2) is 0 Å². The summed E-state index contributed by atoms with van der Waals surface area (Å²) in [5.41, 5.74) is 7.10. The highest BCUT2D eigenvalue weighted by molar-refractivity contribution is 6.08. The van der Waals surface area contributed by atoms with Crippen molar-refractivity contribution >= 4 is 21.9 Å². The van der Waals surface area contributed by atoms with Crippen LogP contribution in [0.5, 0.6) is 5.75 Å². The highest BCUT2D eigenvalue weighted by Crippen LogP contribution is 2.34. The van der Waals surface area contributed by atoms with Crippen molar-refractivity contribution in [3.63, 3.8) is 0 Å². The first kappa shape index (κ1) is 9.24. The zero-order valence-electron chi connectivity index (χ0n) is 8.64. The van der Waals surface area contributed by atoms with Crippen LogP contribution in [0.1, 0.15) is 0 Å².